The molecule has 0 spiro atoms. The Morgan fingerprint density at radius 2 is 1.55 bits per heavy atom. The van der Waals surface area contributed by atoms with Gasteiger partial charge in [-0.05, 0) is 12.1 Å². The largest absolute Gasteiger partial charge is 0.478 e. The fraction of sp³-hybridized carbons (Fsp3) is 0.167. The average molecular weight is 282 g/mol. The van der Waals surface area contributed by atoms with Crippen molar-refractivity contribution < 1.29 is 38.9 Å². The van der Waals surface area contributed by atoms with E-state index in [1.54, 1.807) is 6.07 Å². The topological polar surface area (TPSA) is 127 Å². The lowest BCUT2D eigenvalue weighted by molar-refractivity contribution is -0.173. The van der Waals surface area contributed by atoms with Gasteiger partial charge in [-0.2, -0.15) is 0 Å². The fourth-order valence-corrected chi connectivity index (χ4v) is 1.32. The van der Waals surface area contributed by atoms with Gasteiger partial charge in [0.1, 0.15) is 0 Å². The minimum Gasteiger partial charge on any atom is -0.478 e. The summed E-state index contributed by atoms with van der Waals surface area (Å²) >= 11 is 0. The monoisotopic (exact) mass is 282 g/mol. The number of hydrogen-bond acceptors (Lipinski definition) is 6. The molecule has 0 aliphatic heterocycles. The first-order valence-electron chi connectivity index (χ1n) is 5.28. The molecule has 0 aliphatic rings. The molecule has 1 aromatic carbocycles. The molecule has 2 unspecified atom stereocenters. The molecule has 0 radical (unpaired) electrons. The van der Waals surface area contributed by atoms with Crippen LogP contribution in [0, 0.1) is 0 Å². The van der Waals surface area contributed by atoms with Gasteiger partial charge in [0, 0.05) is 0 Å². The third-order valence-corrected chi connectivity index (χ3v) is 2.21. The highest BCUT2D eigenvalue weighted by atomic mass is 16.6. The van der Waals surface area contributed by atoms with Crippen LogP contribution in [0.2, 0.25) is 0 Å². The second-order valence-corrected chi connectivity index (χ2v) is 3.52. The van der Waals surface area contributed by atoms with Gasteiger partial charge < -0.3 is 19.7 Å². The van der Waals surface area contributed by atoms with E-state index >= 15 is 0 Å². The van der Waals surface area contributed by atoms with Crippen LogP contribution in [0.3, 0.4) is 0 Å². The van der Waals surface area contributed by atoms with Gasteiger partial charge in [-0.1, -0.05) is 18.2 Å². The molecule has 2 atom stereocenters. The third kappa shape index (κ3) is 3.80. The van der Waals surface area contributed by atoms with Crippen LogP contribution >= 0.6 is 0 Å². The lowest BCUT2D eigenvalue weighted by atomic mass is 10.2. The van der Waals surface area contributed by atoms with Crippen molar-refractivity contribution in [1.82, 2.24) is 0 Å². The van der Waals surface area contributed by atoms with Crippen LogP contribution in [0.15, 0.2) is 30.3 Å². The Morgan fingerprint density at radius 1 is 1.00 bits per heavy atom. The summed E-state index contributed by atoms with van der Waals surface area (Å²) < 4.78 is 8.70. The number of carboxylic acid groups (broad SMARTS) is 2. The van der Waals surface area contributed by atoms with Crippen molar-refractivity contribution in [3.63, 3.8) is 0 Å². The van der Waals surface area contributed by atoms with Gasteiger partial charge >= 0.3 is 17.9 Å². The van der Waals surface area contributed by atoms with E-state index in [0.29, 0.717) is 0 Å². The normalized spacial score (nSPS) is 12.8. The van der Waals surface area contributed by atoms with Crippen molar-refractivity contribution in [2.75, 3.05) is 0 Å². The zero-order valence-electron chi connectivity index (χ0n) is 9.96. The second kappa shape index (κ2) is 6.88. The van der Waals surface area contributed by atoms with E-state index in [9.17, 15) is 19.2 Å². The lowest BCUT2D eigenvalue weighted by Gasteiger charge is -2.18. The molecule has 2 N–H and O–H groups in total. The van der Waals surface area contributed by atoms with E-state index in [2.05, 4.69) is 9.47 Å². The molecule has 0 saturated carbocycles. The number of carbonyl (C=O) groups is 4. The Bertz CT molecular complexity index is 509. The molecule has 0 heterocycles. The number of carboxylic acids is 2. The SMILES string of the molecule is O=COC(C(=O)O)C(OC(=O)c1ccccc1)C(=O)O. The van der Waals surface area contributed by atoms with Crippen LogP contribution < -0.4 is 0 Å². The Kier molecular flexibility index (Phi) is 5.21. The first-order chi connectivity index (χ1) is 9.47. The van der Waals surface area contributed by atoms with E-state index in [-0.39, 0.29) is 12.0 Å². The third-order valence-electron chi connectivity index (χ3n) is 2.21. The van der Waals surface area contributed by atoms with E-state index in [1.165, 1.54) is 24.3 Å². The van der Waals surface area contributed by atoms with Gasteiger partial charge in [-0.3, -0.25) is 4.79 Å². The van der Waals surface area contributed by atoms with E-state index in [0.717, 1.165) is 0 Å². The van der Waals surface area contributed by atoms with Gasteiger partial charge in [-0.25, -0.2) is 14.4 Å². The van der Waals surface area contributed by atoms with Crippen molar-refractivity contribution in [3.05, 3.63) is 35.9 Å². The Hall–Kier alpha value is -2.90. The quantitative estimate of drug-likeness (QED) is 0.525. The minimum atomic E-state index is -2.15. The summed E-state index contributed by atoms with van der Waals surface area (Å²) in [6.07, 6.45) is -4.27. The summed E-state index contributed by atoms with van der Waals surface area (Å²) in [5.74, 6) is -4.53. The smallest absolute Gasteiger partial charge is 0.349 e. The summed E-state index contributed by atoms with van der Waals surface area (Å²) in [6.45, 7) is -0.231. The molecule has 0 aliphatic carbocycles. The number of esters is 1. The Labute approximate surface area is 112 Å². The first kappa shape index (κ1) is 15.2. The first-order valence-corrected chi connectivity index (χ1v) is 5.28. The molecule has 0 fully saturated rings. The molecule has 20 heavy (non-hydrogen) atoms. The molecule has 8 heteroatoms. The van der Waals surface area contributed by atoms with Gasteiger partial charge in [0.25, 0.3) is 6.47 Å². The Morgan fingerprint density at radius 3 is 2.00 bits per heavy atom. The summed E-state index contributed by atoms with van der Waals surface area (Å²) in [7, 11) is 0. The number of benzene rings is 1. The van der Waals surface area contributed by atoms with Gasteiger partial charge in [0.2, 0.25) is 12.2 Å². The summed E-state index contributed by atoms with van der Waals surface area (Å²) in [5.41, 5.74) is 0.0361. The molecule has 1 rings (SSSR count). The van der Waals surface area contributed by atoms with Crippen molar-refractivity contribution in [1.29, 1.82) is 0 Å². The fourth-order valence-electron chi connectivity index (χ4n) is 1.32. The van der Waals surface area contributed by atoms with E-state index in [1.807, 2.05) is 0 Å². The summed E-state index contributed by atoms with van der Waals surface area (Å²) in [4.78, 5) is 43.6. The average Bonchev–Trinajstić information content (AvgIpc) is 2.42. The maximum atomic E-state index is 11.7. The maximum absolute atomic E-state index is 11.7. The van der Waals surface area contributed by atoms with Crippen molar-refractivity contribution in [2.24, 2.45) is 0 Å². The molecule has 0 amide bonds. The summed E-state index contributed by atoms with van der Waals surface area (Å²) in [5, 5.41) is 17.6. The lowest BCUT2D eigenvalue weighted by Crippen LogP contribution is -2.44. The molecule has 106 valence electrons. The zero-order valence-corrected chi connectivity index (χ0v) is 9.96. The maximum Gasteiger partial charge on any atom is 0.349 e. The minimum absolute atomic E-state index is 0.0361. The molecule has 0 saturated heterocycles. The predicted octanol–water partition coefficient (Wildman–Crippen LogP) is -0.0772. The van der Waals surface area contributed by atoms with Crippen molar-refractivity contribution in [3.8, 4) is 0 Å². The van der Waals surface area contributed by atoms with Crippen LogP contribution in [-0.4, -0.2) is 46.8 Å². The molecule has 8 nitrogen and oxygen atoms in total. The number of ether oxygens (including phenoxy) is 2. The van der Waals surface area contributed by atoms with E-state index in [4.69, 9.17) is 10.2 Å². The highest BCUT2D eigenvalue weighted by molar-refractivity contribution is 5.93. The highest BCUT2D eigenvalue weighted by Gasteiger charge is 2.39. The molecular formula is C12H10O8. The van der Waals surface area contributed by atoms with Crippen LogP contribution in [-0.2, 0) is 23.9 Å². The number of carbonyl (C=O) groups excluding carboxylic acids is 2. The Balaban J connectivity index is 2.92. The molecule has 1 aromatic rings. The van der Waals surface area contributed by atoms with Crippen LogP contribution in [0.1, 0.15) is 10.4 Å². The molecular weight excluding hydrogens is 272 g/mol. The second-order valence-electron chi connectivity index (χ2n) is 3.52. The van der Waals surface area contributed by atoms with Crippen LogP contribution in [0.4, 0.5) is 0 Å². The number of hydrogen-bond donors (Lipinski definition) is 2. The summed E-state index contributed by atoms with van der Waals surface area (Å²) in [6, 6.07) is 7.38. The number of rotatable bonds is 7. The zero-order chi connectivity index (χ0) is 15.1. The van der Waals surface area contributed by atoms with Crippen molar-refractivity contribution in [2.45, 2.75) is 12.2 Å². The highest BCUT2D eigenvalue weighted by Crippen LogP contribution is 2.10. The van der Waals surface area contributed by atoms with Gasteiger partial charge in [0.15, 0.2) is 0 Å². The molecule has 0 bridgehead atoms. The van der Waals surface area contributed by atoms with Crippen molar-refractivity contribution >= 4 is 24.4 Å². The van der Waals surface area contributed by atoms with Crippen LogP contribution in [0.25, 0.3) is 0 Å². The molecule has 0 aromatic heterocycles. The van der Waals surface area contributed by atoms with Gasteiger partial charge in [0.05, 0.1) is 5.56 Å². The predicted molar refractivity (Wildman–Crippen MR) is 61.9 cm³/mol. The van der Waals surface area contributed by atoms with Gasteiger partial charge in [-0.15, -0.1) is 0 Å². The standard InChI is InChI=1S/C12H10O8/c13-6-19-8(10(14)15)9(11(16)17)20-12(18)7-4-2-1-3-5-7/h1-6,8-9H,(H,14,15)(H,16,17). The number of aliphatic carboxylic acids is 2. The van der Waals surface area contributed by atoms with E-state index < -0.39 is 30.1 Å². The van der Waals surface area contributed by atoms with Crippen LogP contribution in [0.5, 0.6) is 0 Å².